The molecule has 0 saturated heterocycles. The average molecular weight is 270 g/mol. The Bertz CT molecular complexity index is 458. The minimum absolute atomic E-state index is 0.252. The minimum Gasteiger partial charge on any atom is -0.495 e. The number of ether oxygens (including phenoxy) is 1. The summed E-state index contributed by atoms with van der Waals surface area (Å²) >= 11 is 5.90. The number of nitrogens with one attached hydrogen (secondary N) is 1. The molecule has 0 aliphatic rings. The summed E-state index contributed by atoms with van der Waals surface area (Å²) in [5, 5.41) is 2.87. The van der Waals surface area contributed by atoms with Crippen molar-refractivity contribution < 1.29 is 14.3 Å². The van der Waals surface area contributed by atoms with Gasteiger partial charge in [0, 0.05) is 12.1 Å². The van der Waals surface area contributed by atoms with Crippen LogP contribution in [0.1, 0.15) is 24.2 Å². The number of carbonyl (C=O) groups is 2. The molecule has 0 saturated carbocycles. The van der Waals surface area contributed by atoms with Gasteiger partial charge in [-0.2, -0.15) is 0 Å². The van der Waals surface area contributed by atoms with Crippen LogP contribution < -0.4 is 10.1 Å². The third-order valence-corrected chi connectivity index (χ3v) is 2.59. The molecular formula is C13H16ClNO3. The summed E-state index contributed by atoms with van der Waals surface area (Å²) in [4.78, 5) is 23.4. The highest BCUT2D eigenvalue weighted by atomic mass is 35.5. The van der Waals surface area contributed by atoms with Crippen LogP contribution in [0.4, 0.5) is 0 Å². The molecule has 5 heteroatoms. The summed E-state index contributed by atoms with van der Waals surface area (Å²) in [5.41, 5.74) is 0.252. The molecule has 4 nitrogen and oxygen atoms in total. The summed E-state index contributed by atoms with van der Waals surface area (Å²) in [6, 6.07) is 4.50. The van der Waals surface area contributed by atoms with Gasteiger partial charge in [-0.1, -0.05) is 25.4 Å². The van der Waals surface area contributed by atoms with Crippen LogP contribution in [0.3, 0.4) is 0 Å². The Morgan fingerprint density at radius 3 is 2.56 bits per heavy atom. The maximum Gasteiger partial charge on any atom is 0.292 e. The molecular weight excluding hydrogens is 254 g/mol. The Morgan fingerprint density at radius 1 is 1.39 bits per heavy atom. The van der Waals surface area contributed by atoms with Crippen molar-refractivity contribution in [3.8, 4) is 5.75 Å². The van der Waals surface area contributed by atoms with Crippen LogP contribution in [0.5, 0.6) is 5.75 Å². The lowest BCUT2D eigenvalue weighted by Crippen LogP contribution is -2.33. The van der Waals surface area contributed by atoms with Crippen molar-refractivity contribution in [3.63, 3.8) is 0 Å². The van der Waals surface area contributed by atoms with E-state index in [2.05, 4.69) is 5.32 Å². The first-order valence-corrected chi connectivity index (χ1v) is 5.99. The third-order valence-electron chi connectivity index (χ3n) is 2.29. The summed E-state index contributed by atoms with van der Waals surface area (Å²) in [6.45, 7) is 4.37. The number of halogens is 1. The fraction of sp³-hybridized carbons (Fsp3) is 0.385. The van der Waals surface area contributed by atoms with E-state index in [9.17, 15) is 9.59 Å². The lowest BCUT2D eigenvalue weighted by molar-refractivity contribution is -0.117. The first-order valence-electron chi connectivity index (χ1n) is 5.61. The Balaban J connectivity index is 2.78. The van der Waals surface area contributed by atoms with Crippen LogP contribution in [0.2, 0.25) is 5.02 Å². The Hall–Kier alpha value is -1.55. The normalized spacial score (nSPS) is 10.3. The number of methoxy groups -OCH3 is 1. The predicted molar refractivity (Wildman–Crippen MR) is 70.2 cm³/mol. The molecule has 0 unspecified atom stereocenters. The molecule has 18 heavy (non-hydrogen) atoms. The van der Waals surface area contributed by atoms with E-state index in [4.69, 9.17) is 16.3 Å². The number of ketones is 1. The second kappa shape index (κ2) is 6.40. The fourth-order valence-corrected chi connectivity index (χ4v) is 1.57. The maximum atomic E-state index is 11.8. The van der Waals surface area contributed by atoms with Crippen molar-refractivity contribution in [1.29, 1.82) is 0 Å². The zero-order valence-corrected chi connectivity index (χ0v) is 11.4. The highest BCUT2D eigenvalue weighted by Crippen LogP contribution is 2.25. The van der Waals surface area contributed by atoms with Crippen molar-refractivity contribution in [2.75, 3.05) is 13.7 Å². The standard InChI is InChI=1S/C13H16ClNO3/c1-8(2)7-15-13(17)12(16)9-4-5-11(18-3)10(14)6-9/h4-6,8H,7H2,1-3H3,(H,15,17). The molecule has 0 radical (unpaired) electrons. The molecule has 1 N–H and O–H groups in total. The Morgan fingerprint density at radius 2 is 2.06 bits per heavy atom. The molecule has 1 aromatic carbocycles. The van der Waals surface area contributed by atoms with Crippen LogP contribution in [0.15, 0.2) is 18.2 Å². The van der Waals surface area contributed by atoms with E-state index < -0.39 is 11.7 Å². The monoisotopic (exact) mass is 269 g/mol. The van der Waals surface area contributed by atoms with E-state index in [-0.39, 0.29) is 5.56 Å². The molecule has 1 rings (SSSR count). The predicted octanol–water partition coefficient (Wildman–Crippen LogP) is 2.30. The average Bonchev–Trinajstić information content (AvgIpc) is 2.34. The largest absolute Gasteiger partial charge is 0.495 e. The van der Waals surface area contributed by atoms with E-state index in [1.165, 1.54) is 19.2 Å². The van der Waals surface area contributed by atoms with Crippen LogP contribution in [0, 0.1) is 5.92 Å². The zero-order valence-electron chi connectivity index (χ0n) is 10.6. The van der Waals surface area contributed by atoms with Gasteiger partial charge >= 0.3 is 0 Å². The van der Waals surface area contributed by atoms with Crippen molar-refractivity contribution in [2.24, 2.45) is 5.92 Å². The SMILES string of the molecule is COc1ccc(C(=O)C(=O)NCC(C)C)cc1Cl. The smallest absolute Gasteiger partial charge is 0.292 e. The van der Waals surface area contributed by atoms with Gasteiger partial charge in [-0.05, 0) is 24.1 Å². The van der Waals surface area contributed by atoms with E-state index >= 15 is 0 Å². The number of hydrogen-bond acceptors (Lipinski definition) is 3. The number of amides is 1. The van der Waals surface area contributed by atoms with Crippen LogP contribution in [0.25, 0.3) is 0 Å². The molecule has 0 aliphatic heterocycles. The van der Waals surface area contributed by atoms with Gasteiger partial charge in [0.2, 0.25) is 5.78 Å². The van der Waals surface area contributed by atoms with Crippen molar-refractivity contribution in [2.45, 2.75) is 13.8 Å². The first kappa shape index (κ1) is 14.5. The van der Waals surface area contributed by atoms with Crippen LogP contribution in [-0.2, 0) is 4.79 Å². The number of Topliss-reactive ketones (excluding diaryl/α,β-unsaturated/α-hetero) is 1. The summed E-state index contributed by atoms with van der Waals surface area (Å²) in [5.74, 6) is -0.456. The number of carbonyl (C=O) groups excluding carboxylic acids is 2. The Kier molecular flexibility index (Phi) is 5.16. The number of benzene rings is 1. The van der Waals surface area contributed by atoms with Gasteiger partial charge in [-0.15, -0.1) is 0 Å². The molecule has 0 bridgehead atoms. The van der Waals surface area contributed by atoms with Gasteiger partial charge in [0.1, 0.15) is 5.75 Å². The summed E-state index contributed by atoms with van der Waals surface area (Å²) in [6.07, 6.45) is 0. The van der Waals surface area contributed by atoms with E-state index in [0.717, 1.165) is 0 Å². The highest BCUT2D eigenvalue weighted by Gasteiger charge is 2.17. The lowest BCUT2D eigenvalue weighted by Gasteiger charge is -2.08. The van der Waals surface area contributed by atoms with Crippen molar-refractivity contribution >= 4 is 23.3 Å². The highest BCUT2D eigenvalue weighted by molar-refractivity contribution is 6.43. The van der Waals surface area contributed by atoms with Gasteiger partial charge < -0.3 is 10.1 Å². The molecule has 1 amide bonds. The van der Waals surface area contributed by atoms with Crippen LogP contribution in [-0.4, -0.2) is 25.3 Å². The number of rotatable bonds is 5. The zero-order chi connectivity index (χ0) is 13.7. The van der Waals surface area contributed by atoms with Crippen LogP contribution >= 0.6 is 11.6 Å². The second-order valence-corrected chi connectivity index (χ2v) is 4.69. The molecule has 1 aromatic rings. The van der Waals surface area contributed by atoms with Gasteiger partial charge in [0.15, 0.2) is 0 Å². The minimum atomic E-state index is -0.620. The third kappa shape index (κ3) is 3.74. The van der Waals surface area contributed by atoms with Crippen molar-refractivity contribution in [1.82, 2.24) is 5.32 Å². The van der Waals surface area contributed by atoms with E-state index in [0.29, 0.717) is 23.2 Å². The molecule has 0 heterocycles. The maximum absolute atomic E-state index is 11.8. The molecule has 0 aromatic heterocycles. The topological polar surface area (TPSA) is 55.4 Å². The van der Waals surface area contributed by atoms with E-state index in [1.54, 1.807) is 6.07 Å². The molecule has 0 fully saturated rings. The molecule has 98 valence electrons. The van der Waals surface area contributed by atoms with Gasteiger partial charge in [0.05, 0.1) is 12.1 Å². The number of hydrogen-bond donors (Lipinski definition) is 1. The summed E-state index contributed by atoms with van der Waals surface area (Å²) in [7, 11) is 1.48. The molecule has 0 aliphatic carbocycles. The first-order chi connectivity index (χ1) is 8.45. The lowest BCUT2D eigenvalue weighted by atomic mass is 10.1. The second-order valence-electron chi connectivity index (χ2n) is 4.28. The van der Waals surface area contributed by atoms with Gasteiger partial charge in [-0.3, -0.25) is 9.59 Å². The molecule has 0 atom stereocenters. The summed E-state index contributed by atoms with van der Waals surface area (Å²) < 4.78 is 4.98. The van der Waals surface area contributed by atoms with E-state index in [1.807, 2.05) is 13.8 Å². The van der Waals surface area contributed by atoms with Gasteiger partial charge in [0.25, 0.3) is 5.91 Å². The quantitative estimate of drug-likeness (QED) is 0.659. The molecule has 0 spiro atoms. The Labute approximate surface area is 111 Å². The van der Waals surface area contributed by atoms with Crippen molar-refractivity contribution in [3.05, 3.63) is 28.8 Å². The van der Waals surface area contributed by atoms with Gasteiger partial charge in [-0.25, -0.2) is 0 Å². The fourth-order valence-electron chi connectivity index (χ4n) is 1.32.